The Bertz CT molecular complexity index is 1040. The van der Waals surface area contributed by atoms with Crippen molar-refractivity contribution in [3.63, 3.8) is 0 Å². The summed E-state index contributed by atoms with van der Waals surface area (Å²) >= 11 is 5.62. The van der Waals surface area contributed by atoms with E-state index in [0.29, 0.717) is 11.4 Å². The standard InChI is InChI=1S/C20H21FN4OS/c1-23-19(16-7-3-4-8-18(16)26-2)22-25(20(23)27)13-24-11-5-6-14-12-15(21)9-10-17(14)24/h3-4,7-10,12H,5-6,11,13H2,1-2H3. The number of aryl methyl sites for hydroxylation is 1. The summed E-state index contributed by atoms with van der Waals surface area (Å²) in [6.07, 6.45) is 1.87. The molecule has 5 nitrogen and oxygen atoms in total. The normalized spacial score (nSPS) is 13.5. The van der Waals surface area contributed by atoms with Gasteiger partial charge in [0.1, 0.15) is 18.2 Å². The van der Waals surface area contributed by atoms with Gasteiger partial charge in [0.25, 0.3) is 0 Å². The molecular weight excluding hydrogens is 363 g/mol. The van der Waals surface area contributed by atoms with Crippen molar-refractivity contribution >= 4 is 17.9 Å². The summed E-state index contributed by atoms with van der Waals surface area (Å²) in [5.74, 6) is 1.32. The van der Waals surface area contributed by atoms with E-state index in [2.05, 4.69) is 4.90 Å². The van der Waals surface area contributed by atoms with Crippen LogP contribution in [-0.4, -0.2) is 28.0 Å². The molecule has 1 aromatic heterocycles. The fourth-order valence-electron chi connectivity index (χ4n) is 3.60. The van der Waals surface area contributed by atoms with E-state index >= 15 is 0 Å². The van der Waals surface area contributed by atoms with Crippen LogP contribution in [-0.2, 0) is 20.1 Å². The van der Waals surface area contributed by atoms with E-state index in [-0.39, 0.29) is 5.82 Å². The molecule has 0 saturated heterocycles. The van der Waals surface area contributed by atoms with Crippen molar-refractivity contribution in [1.82, 2.24) is 14.3 Å². The van der Waals surface area contributed by atoms with Gasteiger partial charge in [0, 0.05) is 19.3 Å². The Balaban J connectivity index is 1.70. The molecule has 2 aromatic carbocycles. The third kappa shape index (κ3) is 3.23. The second kappa shape index (κ2) is 7.15. The number of ether oxygens (including phenoxy) is 1. The van der Waals surface area contributed by atoms with Gasteiger partial charge < -0.3 is 14.2 Å². The third-order valence-electron chi connectivity index (χ3n) is 4.95. The highest BCUT2D eigenvalue weighted by Gasteiger charge is 2.20. The van der Waals surface area contributed by atoms with Crippen LogP contribution in [0.25, 0.3) is 11.4 Å². The van der Waals surface area contributed by atoms with E-state index in [1.165, 1.54) is 6.07 Å². The van der Waals surface area contributed by atoms with Crippen LogP contribution in [0.1, 0.15) is 12.0 Å². The number of rotatable bonds is 4. The Kier molecular flexibility index (Phi) is 4.70. The van der Waals surface area contributed by atoms with E-state index in [4.69, 9.17) is 22.1 Å². The summed E-state index contributed by atoms with van der Waals surface area (Å²) < 4.78 is 23.4. The average molecular weight is 384 g/mol. The first kappa shape index (κ1) is 17.7. The van der Waals surface area contributed by atoms with Crippen molar-refractivity contribution in [1.29, 1.82) is 0 Å². The number of aromatic nitrogens is 3. The van der Waals surface area contributed by atoms with Gasteiger partial charge in [-0.1, -0.05) is 12.1 Å². The molecule has 0 bridgehead atoms. The summed E-state index contributed by atoms with van der Waals surface area (Å²) in [5, 5.41) is 4.75. The Labute approximate surface area is 162 Å². The van der Waals surface area contributed by atoms with Crippen molar-refractivity contribution in [2.24, 2.45) is 7.05 Å². The van der Waals surface area contributed by atoms with Crippen LogP contribution in [0.15, 0.2) is 42.5 Å². The molecular formula is C20H21FN4OS. The van der Waals surface area contributed by atoms with Gasteiger partial charge in [0.2, 0.25) is 0 Å². The van der Waals surface area contributed by atoms with Crippen LogP contribution in [0.3, 0.4) is 0 Å². The lowest BCUT2D eigenvalue weighted by atomic mass is 10.0. The van der Waals surface area contributed by atoms with Gasteiger partial charge in [0.05, 0.1) is 12.7 Å². The summed E-state index contributed by atoms with van der Waals surface area (Å²) in [6, 6.07) is 12.7. The maximum Gasteiger partial charge on any atom is 0.199 e. The first-order chi connectivity index (χ1) is 13.1. The lowest BCUT2D eigenvalue weighted by Gasteiger charge is -2.31. The number of para-hydroxylation sites is 1. The molecule has 0 N–H and O–H groups in total. The molecule has 0 fully saturated rings. The van der Waals surface area contributed by atoms with Gasteiger partial charge in [-0.2, -0.15) is 0 Å². The first-order valence-electron chi connectivity index (χ1n) is 8.89. The van der Waals surface area contributed by atoms with Gasteiger partial charge >= 0.3 is 0 Å². The van der Waals surface area contributed by atoms with Crippen LogP contribution in [0, 0.1) is 10.6 Å². The predicted octanol–water partition coefficient (Wildman–Crippen LogP) is 4.18. The SMILES string of the molecule is COc1ccccc1-c1nn(CN2CCCc3cc(F)ccc32)c(=S)n1C. The van der Waals surface area contributed by atoms with Crippen molar-refractivity contribution < 1.29 is 9.13 Å². The van der Waals surface area contributed by atoms with Gasteiger partial charge in [-0.05, 0) is 61.0 Å². The highest BCUT2D eigenvalue weighted by molar-refractivity contribution is 7.71. The molecule has 27 heavy (non-hydrogen) atoms. The summed E-state index contributed by atoms with van der Waals surface area (Å²) in [4.78, 5) is 2.20. The van der Waals surface area contributed by atoms with E-state index in [9.17, 15) is 4.39 Å². The molecule has 7 heteroatoms. The predicted molar refractivity (Wildman–Crippen MR) is 106 cm³/mol. The van der Waals surface area contributed by atoms with Gasteiger partial charge in [-0.15, -0.1) is 5.10 Å². The third-order valence-corrected chi connectivity index (χ3v) is 5.43. The smallest absolute Gasteiger partial charge is 0.199 e. The van der Waals surface area contributed by atoms with Crippen LogP contribution in [0.5, 0.6) is 5.75 Å². The quantitative estimate of drug-likeness (QED) is 0.632. The minimum Gasteiger partial charge on any atom is -0.496 e. The number of benzene rings is 2. The number of nitrogens with zero attached hydrogens (tertiary/aromatic N) is 4. The lowest BCUT2D eigenvalue weighted by molar-refractivity contribution is 0.416. The van der Waals surface area contributed by atoms with Crippen LogP contribution in [0.2, 0.25) is 0 Å². The highest BCUT2D eigenvalue weighted by atomic mass is 32.1. The Morgan fingerprint density at radius 1 is 1.22 bits per heavy atom. The highest BCUT2D eigenvalue weighted by Crippen LogP contribution is 2.30. The fraction of sp³-hybridized carbons (Fsp3) is 0.300. The molecule has 3 aromatic rings. The molecule has 4 rings (SSSR count). The Hall–Kier alpha value is -2.67. The Morgan fingerprint density at radius 2 is 2.04 bits per heavy atom. The van der Waals surface area contributed by atoms with E-state index in [1.807, 2.05) is 46.6 Å². The molecule has 0 spiro atoms. The monoisotopic (exact) mass is 384 g/mol. The average Bonchev–Trinajstić information content (AvgIpc) is 2.96. The van der Waals surface area contributed by atoms with Gasteiger partial charge in [0.15, 0.2) is 10.6 Å². The molecule has 0 amide bonds. The Morgan fingerprint density at radius 3 is 2.85 bits per heavy atom. The number of fused-ring (bicyclic) bond motifs is 1. The molecule has 0 atom stereocenters. The van der Waals surface area contributed by atoms with Crippen molar-refractivity contribution in [2.45, 2.75) is 19.5 Å². The molecule has 2 heterocycles. The summed E-state index contributed by atoms with van der Waals surface area (Å²) in [6.45, 7) is 1.42. The minimum atomic E-state index is -0.191. The maximum absolute atomic E-state index is 13.6. The van der Waals surface area contributed by atoms with Crippen LogP contribution >= 0.6 is 12.2 Å². The number of hydrogen-bond donors (Lipinski definition) is 0. The number of methoxy groups -OCH3 is 1. The first-order valence-corrected chi connectivity index (χ1v) is 9.30. The number of halogens is 1. The molecule has 0 unspecified atom stereocenters. The van der Waals surface area contributed by atoms with E-state index in [1.54, 1.807) is 13.2 Å². The van der Waals surface area contributed by atoms with E-state index < -0.39 is 0 Å². The zero-order valence-electron chi connectivity index (χ0n) is 15.4. The second-order valence-electron chi connectivity index (χ2n) is 6.65. The number of hydrogen-bond acceptors (Lipinski definition) is 4. The molecule has 0 aliphatic carbocycles. The topological polar surface area (TPSA) is 35.2 Å². The van der Waals surface area contributed by atoms with Crippen molar-refractivity contribution in [3.8, 4) is 17.1 Å². The van der Waals surface area contributed by atoms with Crippen molar-refractivity contribution in [3.05, 3.63) is 58.6 Å². The summed E-state index contributed by atoms with van der Waals surface area (Å²) in [7, 11) is 3.56. The van der Waals surface area contributed by atoms with Crippen molar-refractivity contribution in [2.75, 3.05) is 18.6 Å². The van der Waals surface area contributed by atoms with Crippen LogP contribution < -0.4 is 9.64 Å². The van der Waals surface area contributed by atoms with E-state index in [0.717, 1.165) is 47.8 Å². The molecule has 0 saturated carbocycles. The summed E-state index contributed by atoms with van der Waals surface area (Å²) in [5.41, 5.74) is 2.98. The zero-order valence-corrected chi connectivity index (χ0v) is 16.2. The van der Waals surface area contributed by atoms with Gasteiger partial charge in [-0.3, -0.25) is 0 Å². The largest absolute Gasteiger partial charge is 0.496 e. The maximum atomic E-state index is 13.6. The molecule has 140 valence electrons. The van der Waals surface area contributed by atoms with Gasteiger partial charge in [-0.25, -0.2) is 9.07 Å². The number of anilines is 1. The minimum absolute atomic E-state index is 0.191. The second-order valence-corrected chi connectivity index (χ2v) is 7.01. The molecule has 1 aliphatic heterocycles. The van der Waals surface area contributed by atoms with Crippen LogP contribution in [0.4, 0.5) is 10.1 Å². The lowest BCUT2D eigenvalue weighted by Crippen LogP contribution is -2.32. The molecule has 0 radical (unpaired) electrons. The zero-order chi connectivity index (χ0) is 19.0. The fourth-order valence-corrected chi connectivity index (χ4v) is 3.78. The molecule has 1 aliphatic rings.